The van der Waals surface area contributed by atoms with Gasteiger partial charge in [-0.2, -0.15) is 5.10 Å². The van der Waals surface area contributed by atoms with Crippen molar-refractivity contribution in [3.63, 3.8) is 0 Å². The van der Waals surface area contributed by atoms with Gasteiger partial charge in [0.2, 0.25) is 0 Å². The summed E-state index contributed by atoms with van der Waals surface area (Å²) in [5.41, 5.74) is 0.394. The molecule has 1 saturated heterocycles. The summed E-state index contributed by atoms with van der Waals surface area (Å²) >= 11 is 0. The summed E-state index contributed by atoms with van der Waals surface area (Å²) in [5.74, 6) is 1.90. The summed E-state index contributed by atoms with van der Waals surface area (Å²) in [6.07, 6.45) is 7.24. The van der Waals surface area contributed by atoms with Crippen molar-refractivity contribution in [2.45, 2.75) is 38.9 Å². The summed E-state index contributed by atoms with van der Waals surface area (Å²) in [4.78, 5) is 0. The molecule has 1 aliphatic heterocycles. The molecule has 2 rings (SSSR count). The van der Waals surface area contributed by atoms with Gasteiger partial charge in [0.25, 0.3) is 0 Å². The smallest absolute Gasteiger partial charge is 0.400 e. The summed E-state index contributed by atoms with van der Waals surface area (Å²) in [6, 6.07) is 0. The zero-order valence-corrected chi connectivity index (χ0v) is 11.4. The molecule has 0 unspecified atom stereocenters. The molecule has 1 aromatic rings. The molecule has 2 heterocycles. The Kier molecular flexibility index (Phi) is 3.21. The van der Waals surface area contributed by atoms with Crippen LogP contribution in [0.2, 0.25) is 0 Å². The summed E-state index contributed by atoms with van der Waals surface area (Å²) in [6.45, 7) is 11.8. The molecule has 4 nitrogen and oxygen atoms in total. The molecule has 0 aromatic carbocycles. The minimum absolute atomic E-state index is 0.298. The van der Waals surface area contributed by atoms with Gasteiger partial charge in [0.05, 0.1) is 17.4 Å². The van der Waals surface area contributed by atoms with Gasteiger partial charge in [0.15, 0.2) is 0 Å². The topological polar surface area (TPSA) is 36.3 Å². The molecule has 0 spiro atoms. The first-order chi connectivity index (χ1) is 8.34. The molecule has 0 radical (unpaired) electrons. The van der Waals surface area contributed by atoms with Crippen LogP contribution in [0.3, 0.4) is 0 Å². The van der Waals surface area contributed by atoms with E-state index < -0.39 is 0 Å². The van der Waals surface area contributed by atoms with Gasteiger partial charge in [-0.3, -0.25) is 0 Å². The van der Waals surface area contributed by atoms with Crippen LogP contribution in [-0.4, -0.2) is 28.1 Å². The van der Waals surface area contributed by atoms with Crippen LogP contribution in [0.4, 0.5) is 0 Å². The van der Waals surface area contributed by atoms with E-state index in [0.717, 1.165) is 5.56 Å². The Balaban J connectivity index is 2.05. The van der Waals surface area contributed by atoms with Crippen LogP contribution < -0.4 is 0 Å². The minimum atomic E-state index is -0.318. The third-order valence-corrected chi connectivity index (χ3v) is 3.53. The van der Waals surface area contributed by atoms with Crippen LogP contribution in [0.1, 0.15) is 33.3 Å². The largest absolute Gasteiger partial charge is 0.487 e. The zero-order valence-electron chi connectivity index (χ0n) is 11.4. The Morgan fingerprint density at radius 3 is 2.39 bits per heavy atom. The number of hydrogen-bond donors (Lipinski definition) is 0. The fraction of sp³-hybridized carbons (Fsp3) is 0.462. The molecule has 1 aromatic heterocycles. The van der Waals surface area contributed by atoms with Gasteiger partial charge in [-0.15, -0.1) is 0 Å². The first-order valence-electron chi connectivity index (χ1n) is 6.05. The van der Waals surface area contributed by atoms with Gasteiger partial charge in [-0.05, 0) is 27.7 Å². The van der Waals surface area contributed by atoms with Crippen molar-refractivity contribution in [3.8, 4) is 0 Å². The molecule has 18 heavy (non-hydrogen) atoms. The van der Waals surface area contributed by atoms with Crippen LogP contribution in [0.25, 0.3) is 12.3 Å². The van der Waals surface area contributed by atoms with Crippen molar-refractivity contribution >= 4 is 19.4 Å². The van der Waals surface area contributed by atoms with E-state index in [4.69, 9.17) is 9.31 Å². The number of rotatable bonds is 3. The Morgan fingerprint density at radius 2 is 1.89 bits per heavy atom. The van der Waals surface area contributed by atoms with E-state index in [9.17, 15) is 0 Å². The second kappa shape index (κ2) is 4.41. The highest BCUT2D eigenvalue weighted by atomic mass is 16.7. The molecular formula is C13H19BN2O2. The first-order valence-corrected chi connectivity index (χ1v) is 6.05. The van der Waals surface area contributed by atoms with E-state index in [-0.39, 0.29) is 18.3 Å². The fourth-order valence-electron chi connectivity index (χ4n) is 1.70. The molecule has 0 aliphatic carbocycles. The van der Waals surface area contributed by atoms with Crippen molar-refractivity contribution in [1.29, 1.82) is 0 Å². The zero-order chi connectivity index (χ0) is 13.4. The maximum atomic E-state index is 5.86. The van der Waals surface area contributed by atoms with Gasteiger partial charge in [0.1, 0.15) is 0 Å². The number of aromatic nitrogens is 2. The standard InChI is InChI=1S/C13H19BN2O2/c1-6-16-10-11(9-15-16)7-8-14-17-12(2,3)13(4,5)18-14/h6-10H,1H2,2-5H3/b8-7+. The van der Waals surface area contributed by atoms with E-state index in [1.807, 2.05) is 45.9 Å². The molecular weight excluding hydrogens is 227 g/mol. The van der Waals surface area contributed by atoms with Crippen molar-refractivity contribution < 1.29 is 9.31 Å². The van der Waals surface area contributed by atoms with Crippen molar-refractivity contribution in [1.82, 2.24) is 9.78 Å². The van der Waals surface area contributed by atoms with E-state index in [0.29, 0.717) is 0 Å². The molecule has 1 fully saturated rings. The molecule has 96 valence electrons. The summed E-state index contributed by atoms with van der Waals surface area (Å²) in [7, 11) is -0.318. The molecule has 0 bridgehead atoms. The Bertz CT molecular complexity index is 461. The van der Waals surface area contributed by atoms with Gasteiger partial charge in [-0.1, -0.05) is 18.6 Å². The van der Waals surface area contributed by atoms with Crippen LogP contribution >= 0.6 is 0 Å². The van der Waals surface area contributed by atoms with E-state index >= 15 is 0 Å². The average molecular weight is 246 g/mol. The van der Waals surface area contributed by atoms with E-state index in [1.165, 1.54) is 0 Å². The average Bonchev–Trinajstić information content (AvgIpc) is 2.79. The lowest BCUT2D eigenvalue weighted by molar-refractivity contribution is 0.00578. The first kappa shape index (κ1) is 13.1. The van der Waals surface area contributed by atoms with Crippen LogP contribution in [0.15, 0.2) is 24.9 Å². The van der Waals surface area contributed by atoms with Crippen molar-refractivity contribution in [3.05, 3.63) is 30.5 Å². The van der Waals surface area contributed by atoms with Gasteiger partial charge >= 0.3 is 7.12 Å². The van der Waals surface area contributed by atoms with E-state index in [2.05, 4.69) is 11.7 Å². The van der Waals surface area contributed by atoms with E-state index in [1.54, 1.807) is 17.1 Å². The predicted octanol–water partition coefficient (Wildman–Crippen LogP) is 2.63. The molecule has 0 atom stereocenters. The minimum Gasteiger partial charge on any atom is -0.400 e. The molecule has 0 saturated carbocycles. The normalized spacial score (nSPS) is 21.7. The lowest BCUT2D eigenvalue weighted by Crippen LogP contribution is -2.41. The number of nitrogens with zero attached hydrogens (tertiary/aromatic N) is 2. The van der Waals surface area contributed by atoms with Crippen molar-refractivity contribution in [2.75, 3.05) is 0 Å². The van der Waals surface area contributed by atoms with Crippen molar-refractivity contribution in [2.24, 2.45) is 0 Å². The Hall–Kier alpha value is -1.33. The second-order valence-electron chi connectivity index (χ2n) is 5.42. The highest BCUT2D eigenvalue weighted by Gasteiger charge is 2.49. The highest BCUT2D eigenvalue weighted by Crippen LogP contribution is 2.36. The third-order valence-electron chi connectivity index (χ3n) is 3.53. The monoisotopic (exact) mass is 246 g/mol. The quantitative estimate of drug-likeness (QED) is 0.769. The lowest BCUT2D eigenvalue weighted by atomic mass is 9.89. The highest BCUT2D eigenvalue weighted by molar-refractivity contribution is 6.52. The van der Waals surface area contributed by atoms with Gasteiger partial charge < -0.3 is 9.31 Å². The second-order valence-corrected chi connectivity index (χ2v) is 5.42. The van der Waals surface area contributed by atoms with Crippen LogP contribution in [-0.2, 0) is 9.31 Å². The number of hydrogen-bond acceptors (Lipinski definition) is 3. The fourth-order valence-corrected chi connectivity index (χ4v) is 1.70. The van der Waals surface area contributed by atoms with Crippen LogP contribution in [0.5, 0.6) is 0 Å². The lowest BCUT2D eigenvalue weighted by Gasteiger charge is -2.32. The summed E-state index contributed by atoms with van der Waals surface area (Å²) < 4.78 is 13.4. The SMILES string of the molecule is C=Cn1cc(/C=C/B2OC(C)(C)C(C)(C)O2)cn1. The van der Waals surface area contributed by atoms with Gasteiger partial charge in [-0.25, -0.2) is 4.68 Å². The molecule has 1 aliphatic rings. The Labute approximate surface area is 108 Å². The maximum Gasteiger partial charge on any atom is 0.487 e. The summed E-state index contributed by atoms with van der Waals surface area (Å²) in [5, 5.41) is 4.10. The molecule has 0 amide bonds. The van der Waals surface area contributed by atoms with Crippen LogP contribution in [0, 0.1) is 0 Å². The predicted molar refractivity (Wildman–Crippen MR) is 73.7 cm³/mol. The Morgan fingerprint density at radius 1 is 1.28 bits per heavy atom. The van der Waals surface area contributed by atoms with Gasteiger partial charge in [0, 0.05) is 18.0 Å². The molecule has 0 N–H and O–H groups in total. The molecule has 5 heteroatoms. The maximum absolute atomic E-state index is 5.86. The third kappa shape index (κ3) is 2.42.